The lowest BCUT2D eigenvalue weighted by Gasteiger charge is -2.33. The van der Waals surface area contributed by atoms with Gasteiger partial charge in [-0.3, -0.25) is 9.10 Å². The van der Waals surface area contributed by atoms with E-state index in [1.54, 1.807) is 12.1 Å². The van der Waals surface area contributed by atoms with E-state index in [4.69, 9.17) is 4.74 Å². The van der Waals surface area contributed by atoms with E-state index in [2.05, 4.69) is 0 Å². The number of fused-ring (bicyclic) bond motifs is 1. The lowest BCUT2D eigenvalue weighted by molar-refractivity contribution is 0.00359. The van der Waals surface area contributed by atoms with Crippen molar-refractivity contribution in [2.75, 3.05) is 30.3 Å². The summed E-state index contributed by atoms with van der Waals surface area (Å²) >= 11 is 0. The molecule has 2 aliphatic heterocycles. The first-order valence-corrected chi connectivity index (χ1v) is 9.65. The van der Waals surface area contributed by atoms with E-state index in [0.29, 0.717) is 37.4 Å². The highest BCUT2D eigenvalue weighted by molar-refractivity contribution is 7.92. The second-order valence-electron chi connectivity index (χ2n) is 6.38. The third kappa shape index (κ3) is 2.95. The molecule has 1 aromatic carbocycles. The van der Waals surface area contributed by atoms with Gasteiger partial charge in [-0.05, 0) is 44.0 Å². The van der Waals surface area contributed by atoms with Crippen LogP contribution in [0.4, 0.5) is 5.69 Å². The summed E-state index contributed by atoms with van der Waals surface area (Å²) < 4.78 is 30.7. The van der Waals surface area contributed by atoms with Crippen LogP contribution in [-0.2, 0) is 21.2 Å². The molecule has 3 rings (SSSR count). The number of hydrogen-bond donors (Lipinski definition) is 0. The minimum atomic E-state index is -3.31. The van der Waals surface area contributed by atoms with Crippen molar-refractivity contribution in [1.29, 1.82) is 0 Å². The Morgan fingerprint density at radius 3 is 2.65 bits per heavy atom. The highest BCUT2D eigenvalue weighted by Gasteiger charge is 2.33. The van der Waals surface area contributed by atoms with Crippen LogP contribution in [0.5, 0.6) is 0 Å². The fourth-order valence-corrected chi connectivity index (χ4v) is 4.70. The van der Waals surface area contributed by atoms with E-state index in [0.717, 1.165) is 5.56 Å². The van der Waals surface area contributed by atoms with Gasteiger partial charge in [0.15, 0.2) is 0 Å². The molecule has 1 aromatic rings. The predicted molar refractivity (Wildman–Crippen MR) is 88.2 cm³/mol. The molecule has 2 heterocycles. The molecule has 1 fully saturated rings. The number of benzene rings is 1. The first-order valence-electron chi connectivity index (χ1n) is 7.80. The summed E-state index contributed by atoms with van der Waals surface area (Å²) in [5, 5.41) is 0. The minimum absolute atomic E-state index is 0.0194. The molecule has 0 spiro atoms. The van der Waals surface area contributed by atoms with E-state index in [-0.39, 0.29) is 18.0 Å². The summed E-state index contributed by atoms with van der Waals surface area (Å²) in [5.41, 5.74) is 2.21. The van der Waals surface area contributed by atoms with E-state index < -0.39 is 10.0 Å². The second-order valence-corrected chi connectivity index (χ2v) is 8.24. The lowest BCUT2D eigenvalue weighted by atomic mass is 10.1. The number of ether oxygens (including phenoxy) is 1. The van der Waals surface area contributed by atoms with Gasteiger partial charge in [0.05, 0.1) is 31.2 Å². The van der Waals surface area contributed by atoms with Crippen molar-refractivity contribution in [3.05, 3.63) is 29.3 Å². The first kappa shape index (κ1) is 16.3. The molecule has 2 atom stereocenters. The van der Waals surface area contributed by atoms with Crippen LogP contribution < -0.4 is 4.31 Å². The van der Waals surface area contributed by atoms with Gasteiger partial charge < -0.3 is 9.64 Å². The van der Waals surface area contributed by atoms with E-state index in [9.17, 15) is 13.2 Å². The number of carbonyl (C=O) groups excluding carboxylic acids is 1. The monoisotopic (exact) mass is 338 g/mol. The number of amides is 1. The number of nitrogens with zero attached hydrogens (tertiary/aromatic N) is 2. The van der Waals surface area contributed by atoms with Crippen LogP contribution in [0, 0.1) is 0 Å². The quantitative estimate of drug-likeness (QED) is 0.814. The van der Waals surface area contributed by atoms with Crippen molar-refractivity contribution in [3.8, 4) is 0 Å². The SMILES string of the molecule is C[C@@H]1COCCN1C(=O)c1ccc2c(c1)C[C@@H](C)N2S(C)(=O)=O. The van der Waals surface area contributed by atoms with Crippen LogP contribution in [0.3, 0.4) is 0 Å². The molecular formula is C16H22N2O4S. The number of sulfonamides is 1. The maximum atomic E-state index is 12.7. The molecule has 2 aliphatic rings. The van der Waals surface area contributed by atoms with Crippen molar-refractivity contribution in [3.63, 3.8) is 0 Å². The fourth-order valence-electron chi connectivity index (χ4n) is 3.44. The molecule has 0 bridgehead atoms. The average Bonchev–Trinajstić information content (AvgIpc) is 2.81. The van der Waals surface area contributed by atoms with Crippen LogP contribution in [0.15, 0.2) is 18.2 Å². The van der Waals surface area contributed by atoms with Gasteiger partial charge in [0.2, 0.25) is 10.0 Å². The third-order valence-electron chi connectivity index (χ3n) is 4.47. The van der Waals surface area contributed by atoms with Crippen LogP contribution in [0.25, 0.3) is 0 Å². The summed E-state index contributed by atoms with van der Waals surface area (Å²) in [6, 6.07) is 5.24. The third-order valence-corrected chi connectivity index (χ3v) is 5.74. The Hall–Kier alpha value is -1.60. The zero-order valence-electron chi connectivity index (χ0n) is 13.7. The van der Waals surface area contributed by atoms with Gasteiger partial charge in [-0.15, -0.1) is 0 Å². The fraction of sp³-hybridized carbons (Fsp3) is 0.562. The number of rotatable bonds is 2. The van der Waals surface area contributed by atoms with Crippen molar-refractivity contribution < 1.29 is 17.9 Å². The van der Waals surface area contributed by atoms with E-state index >= 15 is 0 Å². The summed E-state index contributed by atoms with van der Waals surface area (Å²) in [6.45, 7) is 5.54. The van der Waals surface area contributed by atoms with Gasteiger partial charge in [0.1, 0.15) is 0 Å². The Morgan fingerprint density at radius 2 is 2.00 bits per heavy atom. The maximum absolute atomic E-state index is 12.7. The van der Waals surface area contributed by atoms with Crippen LogP contribution in [0.2, 0.25) is 0 Å². The van der Waals surface area contributed by atoms with Gasteiger partial charge in [0.25, 0.3) is 5.91 Å². The summed E-state index contributed by atoms with van der Waals surface area (Å²) in [5.74, 6) is -0.0194. The zero-order valence-corrected chi connectivity index (χ0v) is 14.5. The molecule has 23 heavy (non-hydrogen) atoms. The van der Waals surface area contributed by atoms with Gasteiger partial charge in [-0.1, -0.05) is 0 Å². The predicted octanol–water partition coefficient (Wildman–Crippen LogP) is 1.26. The van der Waals surface area contributed by atoms with Gasteiger partial charge >= 0.3 is 0 Å². The zero-order chi connectivity index (χ0) is 16.8. The van der Waals surface area contributed by atoms with Crippen LogP contribution in [0.1, 0.15) is 29.8 Å². The van der Waals surface area contributed by atoms with E-state index in [1.807, 2.05) is 24.8 Å². The van der Waals surface area contributed by atoms with Crippen molar-refractivity contribution >= 4 is 21.6 Å². The smallest absolute Gasteiger partial charge is 0.254 e. The van der Waals surface area contributed by atoms with Crippen molar-refractivity contribution in [2.45, 2.75) is 32.4 Å². The van der Waals surface area contributed by atoms with E-state index in [1.165, 1.54) is 10.6 Å². The molecule has 0 aromatic heterocycles. The molecular weight excluding hydrogens is 316 g/mol. The molecule has 1 amide bonds. The number of anilines is 1. The number of carbonyl (C=O) groups is 1. The molecule has 0 unspecified atom stereocenters. The Labute approximate surface area is 137 Å². The number of hydrogen-bond acceptors (Lipinski definition) is 4. The van der Waals surface area contributed by atoms with Crippen LogP contribution in [-0.4, -0.2) is 57.3 Å². The van der Waals surface area contributed by atoms with Gasteiger partial charge in [0, 0.05) is 18.2 Å². The Kier molecular flexibility index (Phi) is 4.10. The van der Waals surface area contributed by atoms with Gasteiger partial charge in [-0.2, -0.15) is 0 Å². The lowest BCUT2D eigenvalue weighted by Crippen LogP contribution is -2.47. The van der Waals surface area contributed by atoms with Crippen molar-refractivity contribution in [2.24, 2.45) is 0 Å². The Balaban J connectivity index is 1.91. The Morgan fingerprint density at radius 1 is 1.26 bits per heavy atom. The second kappa shape index (κ2) is 5.79. The molecule has 0 aliphatic carbocycles. The maximum Gasteiger partial charge on any atom is 0.254 e. The van der Waals surface area contributed by atoms with Gasteiger partial charge in [-0.25, -0.2) is 8.42 Å². The highest BCUT2D eigenvalue weighted by Crippen LogP contribution is 2.35. The first-order chi connectivity index (χ1) is 10.8. The topological polar surface area (TPSA) is 66.9 Å². The average molecular weight is 338 g/mol. The molecule has 6 nitrogen and oxygen atoms in total. The van der Waals surface area contributed by atoms with Crippen LogP contribution >= 0.6 is 0 Å². The normalized spacial score (nSPS) is 24.7. The summed E-state index contributed by atoms with van der Waals surface area (Å²) in [4.78, 5) is 14.5. The minimum Gasteiger partial charge on any atom is -0.377 e. The molecule has 0 radical (unpaired) electrons. The van der Waals surface area contributed by atoms with Crippen molar-refractivity contribution in [1.82, 2.24) is 4.90 Å². The summed E-state index contributed by atoms with van der Waals surface area (Å²) in [6.07, 6.45) is 1.84. The number of morpholine rings is 1. The highest BCUT2D eigenvalue weighted by atomic mass is 32.2. The standard InChI is InChI=1S/C16H22N2O4S/c1-11-8-14-9-13(4-5-15(14)18(11)23(3,20)21)16(19)17-6-7-22-10-12(17)2/h4-5,9,11-12H,6-8,10H2,1-3H3/t11-,12-/m1/s1. The molecule has 7 heteroatoms. The molecule has 0 saturated carbocycles. The molecule has 1 saturated heterocycles. The summed E-state index contributed by atoms with van der Waals surface area (Å²) in [7, 11) is -3.31. The molecule has 0 N–H and O–H groups in total. The molecule has 126 valence electrons. The largest absolute Gasteiger partial charge is 0.377 e. The Bertz CT molecular complexity index is 732.